The van der Waals surface area contributed by atoms with E-state index in [1.165, 1.54) is 19.3 Å². The number of ether oxygens (including phenoxy) is 2. The second-order valence-electron chi connectivity index (χ2n) is 13.2. The van der Waals surface area contributed by atoms with E-state index in [4.69, 9.17) is 9.47 Å². The molecule has 8 atom stereocenters. The van der Waals surface area contributed by atoms with Crippen molar-refractivity contribution in [2.45, 2.75) is 83.8 Å². The average Bonchev–Trinajstić information content (AvgIpc) is 3.44. The Bertz CT molecular complexity index is 1180. The van der Waals surface area contributed by atoms with Crippen LogP contribution in [0, 0.1) is 40.4 Å². The molecule has 6 rings (SSSR count). The molecular weight excluding hydrogens is 466 g/mol. The molecule has 37 heavy (non-hydrogen) atoms. The zero-order chi connectivity index (χ0) is 26.0. The Morgan fingerprint density at radius 2 is 1.89 bits per heavy atom. The van der Waals surface area contributed by atoms with Gasteiger partial charge in [0.15, 0.2) is 11.3 Å². The van der Waals surface area contributed by atoms with Gasteiger partial charge in [0.1, 0.15) is 17.8 Å². The minimum absolute atomic E-state index is 0.0454. The van der Waals surface area contributed by atoms with Gasteiger partial charge in [0.2, 0.25) is 0 Å². The molecule has 4 fully saturated rings. The maximum absolute atomic E-state index is 13.8. The summed E-state index contributed by atoms with van der Waals surface area (Å²) >= 11 is 0. The van der Waals surface area contributed by atoms with Gasteiger partial charge in [-0.3, -0.25) is 4.79 Å². The molecule has 1 N–H and O–H groups in total. The van der Waals surface area contributed by atoms with Crippen LogP contribution in [0.2, 0.25) is 0 Å². The first kappa shape index (κ1) is 25.3. The van der Waals surface area contributed by atoms with Gasteiger partial charge in [-0.15, -0.1) is 5.10 Å². The normalized spacial score (nSPS) is 41.2. The molecule has 0 bridgehead atoms. The molecule has 4 saturated carbocycles. The lowest BCUT2D eigenvalue weighted by atomic mass is 9.43. The molecule has 0 unspecified atom stereocenters. The fraction of sp³-hybridized carbons (Fsp3) is 0.767. The summed E-state index contributed by atoms with van der Waals surface area (Å²) in [6.07, 6.45) is 9.63. The van der Waals surface area contributed by atoms with Crippen LogP contribution in [0.5, 0.6) is 5.75 Å². The highest BCUT2D eigenvalue weighted by molar-refractivity contribution is 5.83. The van der Waals surface area contributed by atoms with Gasteiger partial charge in [-0.1, -0.05) is 13.0 Å². The third-order valence-electron chi connectivity index (χ3n) is 11.4. The van der Waals surface area contributed by atoms with Crippen LogP contribution in [0.15, 0.2) is 18.2 Å². The molecular formula is C30H43N3O4. The van der Waals surface area contributed by atoms with Crippen LogP contribution in [-0.2, 0) is 16.1 Å². The Kier molecular flexibility index (Phi) is 6.18. The highest BCUT2D eigenvalue weighted by Gasteiger charge is 2.63. The number of nitrogens with zero attached hydrogens (tertiary/aromatic N) is 3. The fourth-order valence-electron chi connectivity index (χ4n) is 9.75. The monoisotopic (exact) mass is 509 g/mol. The lowest BCUT2D eigenvalue weighted by Crippen LogP contribution is -2.58. The van der Waals surface area contributed by atoms with Crippen LogP contribution >= 0.6 is 0 Å². The van der Waals surface area contributed by atoms with Crippen molar-refractivity contribution in [3.63, 3.8) is 0 Å². The Morgan fingerprint density at radius 1 is 1.05 bits per heavy atom. The third kappa shape index (κ3) is 3.94. The Labute approximate surface area is 220 Å². The molecule has 0 saturated heterocycles. The van der Waals surface area contributed by atoms with Gasteiger partial charge in [-0.2, -0.15) is 9.90 Å². The topological polar surface area (TPSA) is 86.5 Å². The minimum atomic E-state index is -0.543. The number of carbonyl (C=O) groups excluding carboxylic acids is 1. The zero-order valence-corrected chi connectivity index (χ0v) is 22.9. The molecule has 7 nitrogen and oxygen atoms in total. The summed E-state index contributed by atoms with van der Waals surface area (Å²) in [5.41, 5.74) is 1.15. The quantitative estimate of drug-likeness (QED) is 0.587. The van der Waals surface area contributed by atoms with E-state index in [1.807, 2.05) is 32.2 Å². The average molecular weight is 510 g/mol. The minimum Gasteiger partial charge on any atom is -0.494 e. The second-order valence-corrected chi connectivity index (χ2v) is 13.2. The molecule has 4 aliphatic carbocycles. The molecule has 0 spiro atoms. The van der Waals surface area contributed by atoms with Crippen molar-refractivity contribution in [2.75, 3.05) is 20.8 Å². The van der Waals surface area contributed by atoms with E-state index in [0.29, 0.717) is 34.9 Å². The van der Waals surface area contributed by atoms with Crippen LogP contribution in [-0.4, -0.2) is 52.3 Å². The highest BCUT2D eigenvalue weighted by atomic mass is 16.5. The summed E-state index contributed by atoms with van der Waals surface area (Å²) in [4.78, 5) is 15.3. The van der Waals surface area contributed by atoms with Crippen LogP contribution in [0.1, 0.15) is 71.6 Å². The van der Waals surface area contributed by atoms with Crippen LogP contribution in [0.4, 0.5) is 0 Å². The Hall–Kier alpha value is -1.99. The van der Waals surface area contributed by atoms with E-state index in [9.17, 15) is 9.90 Å². The number of Topliss-reactive ketones (excluding diaryl/α,β-unsaturated/α-hetero) is 1. The number of ketones is 1. The summed E-state index contributed by atoms with van der Waals surface area (Å²) in [5, 5.41) is 20.1. The van der Waals surface area contributed by atoms with Crippen molar-refractivity contribution in [3.05, 3.63) is 18.2 Å². The SMILES string of the molecule is COC[C@]12CC[C@@](C)(O)C[C@H]1CC[C@H]1[C@@H]3CC[C@H](C(=O)Cn4nc5cccc(OC)c5n4)[C@@]3(C)CC[C@@H]12. The lowest BCUT2D eigenvalue weighted by molar-refractivity contribution is -0.175. The van der Waals surface area contributed by atoms with Crippen LogP contribution in [0.25, 0.3) is 11.0 Å². The number of fused-ring (bicyclic) bond motifs is 6. The maximum atomic E-state index is 13.8. The smallest absolute Gasteiger partial charge is 0.159 e. The molecule has 7 heteroatoms. The van der Waals surface area contributed by atoms with E-state index < -0.39 is 5.60 Å². The molecule has 0 amide bonds. The summed E-state index contributed by atoms with van der Waals surface area (Å²) in [7, 11) is 3.48. The van der Waals surface area contributed by atoms with Gasteiger partial charge in [0, 0.05) is 13.0 Å². The predicted molar refractivity (Wildman–Crippen MR) is 141 cm³/mol. The lowest BCUT2D eigenvalue weighted by Gasteiger charge is -2.62. The number of hydrogen-bond acceptors (Lipinski definition) is 6. The van der Waals surface area contributed by atoms with Crippen molar-refractivity contribution in [3.8, 4) is 5.75 Å². The number of aromatic nitrogens is 3. The number of benzene rings is 1. The Morgan fingerprint density at radius 3 is 2.68 bits per heavy atom. The number of methoxy groups -OCH3 is 2. The molecule has 4 aliphatic rings. The van der Waals surface area contributed by atoms with E-state index >= 15 is 0 Å². The second kappa shape index (κ2) is 9.04. The highest BCUT2D eigenvalue weighted by Crippen LogP contribution is 2.68. The van der Waals surface area contributed by atoms with E-state index in [-0.39, 0.29) is 29.1 Å². The van der Waals surface area contributed by atoms with Gasteiger partial charge < -0.3 is 14.6 Å². The summed E-state index contributed by atoms with van der Waals surface area (Å²) in [6, 6.07) is 5.70. The standard InChI is InChI=1S/C30H43N3O4/c1-28(35)14-15-30(18-36-3)19(16-28)8-9-20-21-10-11-23(29(21,2)13-12-22(20)30)25(34)17-33-31-24-6-5-7-26(37-4)27(24)32-33/h5-7,19-23,35H,8-18H2,1-4H3/t19-,20+,21+,22+,23-,28-,29+,30-/m1/s1. The fourth-order valence-corrected chi connectivity index (χ4v) is 9.75. The molecule has 0 aliphatic heterocycles. The molecule has 1 heterocycles. The van der Waals surface area contributed by atoms with Gasteiger partial charge in [0.05, 0.1) is 19.3 Å². The molecule has 1 aromatic heterocycles. The third-order valence-corrected chi connectivity index (χ3v) is 11.4. The van der Waals surface area contributed by atoms with Gasteiger partial charge >= 0.3 is 0 Å². The number of carbonyl (C=O) groups is 1. The van der Waals surface area contributed by atoms with Crippen molar-refractivity contribution >= 4 is 16.8 Å². The Balaban J connectivity index is 1.22. The van der Waals surface area contributed by atoms with Crippen molar-refractivity contribution in [1.29, 1.82) is 0 Å². The predicted octanol–water partition coefficient (Wildman–Crippen LogP) is 5.05. The van der Waals surface area contributed by atoms with E-state index in [2.05, 4.69) is 17.1 Å². The summed E-state index contributed by atoms with van der Waals surface area (Å²) in [5.74, 6) is 3.45. The first-order chi connectivity index (χ1) is 17.7. The van der Waals surface area contributed by atoms with Crippen LogP contribution < -0.4 is 4.74 Å². The number of rotatable bonds is 6. The van der Waals surface area contributed by atoms with Gasteiger partial charge in [0.25, 0.3) is 0 Å². The maximum Gasteiger partial charge on any atom is 0.159 e. The zero-order valence-electron chi connectivity index (χ0n) is 22.9. The first-order valence-electron chi connectivity index (χ1n) is 14.3. The number of hydrogen-bond donors (Lipinski definition) is 1. The molecule has 1 aromatic carbocycles. The van der Waals surface area contributed by atoms with Gasteiger partial charge in [-0.25, -0.2) is 0 Å². The van der Waals surface area contributed by atoms with Crippen LogP contribution in [0.3, 0.4) is 0 Å². The van der Waals surface area contributed by atoms with Gasteiger partial charge in [-0.05, 0) is 111 Å². The van der Waals surface area contributed by atoms with E-state index in [0.717, 1.165) is 50.6 Å². The van der Waals surface area contributed by atoms with Crippen molar-refractivity contribution < 1.29 is 19.4 Å². The molecule has 2 aromatic rings. The number of aliphatic hydroxyl groups is 1. The first-order valence-corrected chi connectivity index (χ1v) is 14.3. The largest absolute Gasteiger partial charge is 0.494 e. The van der Waals surface area contributed by atoms with Crippen molar-refractivity contribution in [1.82, 2.24) is 15.0 Å². The summed E-state index contributed by atoms with van der Waals surface area (Å²) in [6.45, 7) is 5.46. The molecule has 0 radical (unpaired) electrons. The van der Waals surface area contributed by atoms with E-state index in [1.54, 1.807) is 11.9 Å². The van der Waals surface area contributed by atoms with Crippen molar-refractivity contribution in [2.24, 2.45) is 40.4 Å². The molecule has 202 valence electrons. The summed E-state index contributed by atoms with van der Waals surface area (Å²) < 4.78 is 11.3.